The number of rotatable bonds is 5. The van der Waals surface area contributed by atoms with Gasteiger partial charge in [0, 0.05) is 4.88 Å². The number of carboxylic acid groups (broad SMARTS) is 1. The van der Waals surface area contributed by atoms with E-state index < -0.39 is 12.0 Å². The lowest BCUT2D eigenvalue weighted by Gasteiger charge is -2.39. The summed E-state index contributed by atoms with van der Waals surface area (Å²) in [6.07, 6.45) is 2.70. The summed E-state index contributed by atoms with van der Waals surface area (Å²) in [4.78, 5) is 15.1. The fourth-order valence-electron chi connectivity index (χ4n) is 3.31. The smallest absolute Gasteiger partial charge is 0.320 e. The molecule has 1 aromatic carbocycles. The van der Waals surface area contributed by atoms with E-state index in [-0.39, 0.29) is 6.04 Å². The Bertz CT molecular complexity index is 701. The molecular weight excluding hydrogens is 390 g/mol. The predicted molar refractivity (Wildman–Crippen MR) is 98.8 cm³/mol. The molecular formula is C18H20BrNO3S. The zero-order valence-electron chi connectivity index (χ0n) is 13.4. The second-order valence-corrected chi connectivity index (χ2v) is 8.40. The van der Waals surface area contributed by atoms with Crippen LogP contribution < -0.4 is 4.74 Å². The molecule has 128 valence electrons. The maximum absolute atomic E-state index is 11.8. The third-order valence-corrected chi connectivity index (χ3v) is 6.13. The van der Waals surface area contributed by atoms with E-state index in [0.717, 1.165) is 39.4 Å². The molecule has 4 nitrogen and oxygen atoms in total. The van der Waals surface area contributed by atoms with Crippen LogP contribution >= 0.6 is 27.3 Å². The summed E-state index contributed by atoms with van der Waals surface area (Å²) in [7, 11) is 1.65. The van der Waals surface area contributed by atoms with E-state index in [2.05, 4.69) is 26.9 Å². The van der Waals surface area contributed by atoms with Crippen LogP contribution in [0, 0.1) is 0 Å². The van der Waals surface area contributed by atoms with Crippen LogP contribution in [0.4, 0.5) is 0 Å². The maximum Gasteiger partial charge on any atom is 0.320 e. The third-order valence-electron chi connectivity index (χ3n) is 4.46. The van der Waals surface area contributed by atoms with Crippen molar-refractivity contribution in [2.24, 2.45) is 0 Å². The number of benzene rings is 1. The van der Waals surface area contributed by atoms with E-state index in [1.807, 2.05) is 30.3 Å². The van der Waals surface area contributed by atoms with Gasteiger partial charge in [0.1, 0.15) is 11.8 Å². The van der Waals surface area contributed by atoms with Crippen molar-refractivity contribution in [1.29, 1.82) is 0 Å². The second kappa shape index (κ2) is 7.68. The molecule has 1 saturated heterocycles. The third kappa shape index (κ3) is 3.66. The SMILES string of the molecule is COc1ccc(C(c2ccc(Br)s2)N2CCCCC2C(=O)O)cc1. The number of hydrogen-bond acceptors (Lipinski definition) is 4. The van der Waals surface area contributed by atoms with Crippen molar-refractivity contribution in [2.75, 3.05) is 13.7 Å². The first-order valence-electron chi connectivity index (χ1n) is 7.98. The normalized spacial score (nSPS) is 19.8. The highest BCUT2D eigenvalue weighted by atomic mass is 79.9. The lowest BCUT2D eigenvalue weighted by molar-refractivity contribution is -0.145. The van der Waals surface area contributed by atoms with Gasteiger partial charge in [-0.05, 0) is 65.1 Å². The van der Waals surface area contributed by atoms with Gasteiger partial charge in [0.2, 0.25) is 0 Å². The van der Waals surface area contributed by atoms with Crippen LogP contribution in [0.2, 0.25) is 0 Å². The van der Waals surface area contributed by atoms with Gasteiger partial charge in [0.05, 0.1) is 16.9 Å². The van der Waals surface area contributed by atoms with Gasteiger partial charge >= 0.3 is 5.97 Å². The molecule has 0 amide bonds. The highest BCUT2D eigenvalue weighted by Gasteiger charge is 2.35. The molecule has 1 fully saturated rings. The summed E-state index contributed by atoms with van der Waals surface area (Å²) >= 11 is 5.19. The minimum absolute atomic E-state index is 0.0476. The first-order chi connectivity index (χ1) is 11.6. The number of piperidine rings is 1. The van der Waals surface area contributed by atoms with Crippen molar-refractivity contribution >= 4 is 33.2 Å². The van der Waals surface area contributed by atoms with Crippen LogP contribution in [0.1, 0.15) is 35.7 Å². The molecule has 2 unspecified atom stereocenters. The summed E-state index contributed by atoms with van der Waals surface area (Å²) in [6, 6.07) is 11.6. The first-order valence-corrected chi connectivity index (χ1v) is 9.59. The Labute approximate surface area is 154 Å². The molecule has 6 heteroatoms. The zero-order chi connectivity index (χ0) is 17.1. The molecule has 24 heavy (non-hydrogen) atoms. The van der Waals surface area contributed by atoms with Gasteiger partial charge in [-0.2, -0.15) is 0 Å². The first kappa shape index (κ1) is 17.5. The van der Waals surface area contributed by atoms with Crippen LogP contribution in [-0.2, 0) is 4.79 Å². The molecule has 1 aromatic heterocycles. The summed E-state index contributed by atoms with van der Waals surface area (Å²) in [5.74, 6) is 0.0714. The highest BCUT2D eigenvalue weighted by Crippen LogP contribution is 2.39. The number of halogens is 1. The molecule has 2 aromatic rings. The van der Waals surface area contributed by atoms with Crippen molar-refractivity contribution in [3.05, 3.63) is 50.6 Å². The minimum atomic E-state index is -0.733. The van der Waals surface area contributed by atoms with Crippen LogP contribution in [0.5, 0.6) is 5.75 Å². The molecule has 1 aliphatic heterocycles. The van der Waals surface area contributed by atoms with Crippen LogP contribution in [0.3, 0.4) is 0 Å². The minimum Gasteiger partial charge on any atom is -0.497 e. The van der Waals surface area contributed by atoms with E-state index in [9.17, 15) is 9.90 Å². The zero-order valence-corrected chi connectivity index (χ0v) is 15.8. The number of ether oxygens (including phenoxy) is 1. The van der Waals surface area contributed by atoms with Gasteiger partial charge in [-0.25, -0.2) is 0 Å². The Balaban J connectivity index is 2.02. The molecule has 2 heterocycles. The molecule has 0 bridgehead atoms. The average Bonchev–Trinajstić information content (AvgIpc) is 3.02. The van der Waals surface area contributed by atoms with E-state index in [1.54, 1.807) is 18.4 Å². The summed E-state index contributed by atoms with van der Waals surface area (Å²) in [5.41, 5.74) is 1.10. The van der Waals surface area contributed by atoms with Crippen molar-refractivity contribution in [1.82, 2.24) is 4.90 Å². The molecule has 1 aliphatic rings. The Morgan fingerprint density at radius 3 is 2.62 bits per heavy atom. The summed E-state index contributed by atoms with van der Waals surface area (Å²) in [5, 5.41) is 9.67. The summed E-state index contributed by atoms with van der Waals surface area (Å²) < 4.78 is 6.31. The van der Waals surface area contributed by atoms with Crippen LogP contribution in [-0.4, -0.2) is 35.7 Å². The van der Waals surface area contributed by atoms with Gasteiger partial charge in [-0.3, -0.25) is 9.69 Å². The quantitative estimate of drug-likeness (QED) is 0.786. The number of aliphatic carboxylic acids is 1. The van der Waals surface area contributed by atoms with E-state index in [0.29, 0.717) is 6.42 Å². The van der Waals surface area contributed by atoms with Crippen molar-refractivity contribution in [2.45, 2.75) is 31.3 Å². The fraction of sp³-hybridized carbons (Fsp3) is 0.389. The monoisotopic (exact) mass is 409 g/mol. The topological polar surface area (TPSA) is 49.8 Å². The van der Waals surface area contributed by atoms with E-state index in [1.165, 1.54) is 0 Å². The predicted octanol–water partition coefficient (Wildman–Crippen LogP) is 4.55. The van der Waals surface area contributed by atoms with Gasteiger partial charge in [-0.15, -0.1) is 11.3 Å². The number of hydrogen-bond donors (Lipinski definition) is 1. The largest absolute Gasteiger partial charge is 0.497 e. The standard InChI is InChI=1S/C18H20BrNO3S/c1-23-13-7-5-12(6-8-13)17(15-9-10-16(19)24-15)20-11-3-2-4-14(20)18(21)22/h5-10,14,17H,2-4,11H2,1H3,(H,21,22). The molecule has 0 aliphatic carbocycles. The Morgan fingerprint density at radius 2 is 2.04 bits per heavy atom. The van der Waals surface area contributed by atoms with Crippen LogP contribution in [0.25, 0.3) is 0 Å². The number of carbonyl (C=O) groups is 1. The van der Waals surface area contributed by atoms with E-state index in [4.69, 9.17) is 4.74 Å². The van der Waals surface area contributed by atoms with Crippen molar-refractivity contribution < 1.29 is 14.6 Å². The molecule has 1 N–H and O–H groups in total. The average molecular weight is 410 g/mol. The molecule has 2 atom stereocenters. The number of likely N-dealkylation sites (tertiary alicyclic amines) is 1. The number of thiophene rings is 1. The van der Waals surface area contributed by atoms with Crippen molar-refractivity contribution in [3.8, 4) is 5.75 Å². The lowest BCUT2D eigenvalue weighted by atomic mass is 9.95. The molecule has 0 spiro atoms. The molecule has 0 radical (unpaired) electrons. The maximum atomic E-state index is 11.8. The Kier molecular flexibility index (Phi) is 5.58. The number of carboxylic acids is 1. The van der Waals surface area contributed by atoms with Gasteiger partial charge in [-0.1, -0.05) is 18.6 Å². The molecule has 3 rings (SSSR count). The van der Waals surface area contributed by atoms with Crippen LogP contribution in [0.15, 0.2) is 40.2 Å². The van der Waals surface area contributed by atoms with Gasteiger partial charge in [0.15, 0.2) is 0 Å². The second-order valence-electron chi connectivity index (χ2n) is 5.91. The van der Waals surface area contributed by atoms with E-state index >= 15 is 0 Å². The van der Waals surface area contributed by atoms with Gasteiger partial charge < -0.3 is 9.84 Å². The van der Waals surface area contributed by atoms with Crippen molar-refractivity contribution in [3.63, 3.8) is 0 Å². The van der Waals surface area contributed by atoms with Gasteiger partial charge in [0.25, 0.3) is 0 Å². The number of methoxy groups -OCH3 is 1. The Hall–Kier alpha value is -1.37. The molecule has 0 saturated carbocycles. The highest BCUT2D eigenvalue weighted by molar-refractivity contribution is 9.11. The fourth-order valence-corrected chi connectivity index (χ4v) is 4.88. The summed E-state index contributed by atoms with van der Waals surface area (Å²) in [6.45, 7) is 0.795. The lowest BCUT2D eigenvalue weighted by Crippen LogP contribution is -2.46. The number of nitrogens with zero attached hydrogens (tertiary/aromatic N) is 1. The Morgan fingerprint density at radius 1 is 1.29 bits per heavy atom.